The van der Waals surface area contributed by atoms with E-state index in [9.17, 15) is 9.59 Å². The number of carbonyl (C=O) groups is 2. The predicted octanol–water partition coefficient (Wildman–Crippen LogP) is 3.74. The zero-order valence-corrected chi connectivity index (χ0v) is 21.7. The molecule has 2 aromatic rings. The van der Waals surface area contributed by atoms with Gasteiger partial charge >= 0.3 is 6.03 Å². The summed E-state index contributed by atoms with van der Waals surface area (Å²) in [5.74, 6) is 1.21. The first-order valence-electron chi connectivity index (χ1n) is 12.4. The molecule has 0 saturated heterocycles. The van der Waals surface area contributed by atoms with Crippen LogP contribution in [0.15, 0.2) is 47.6 Å². The molecule has 194 valence electrons. The number of nitrogens with one attached hydrogen (secondary N) is 2. The Bertz CT molecular complexity index is 1050. The van der Waals surface area contributed by atoms with Gasteiger partial charge in [0, 0.05) is 24.2 Å². The SMILES string of the molecule is CCN(CC)CCCNC(=O)Nc1ccc(CC(=O)N2CCC(c3ccc(OC)c(OC)c3)=N2)cc1. The maximum absolute atomic E-state index is 12.8. The summed E-state index contributed by atoms with van der Waals surface area (Å²) in [6, 6.07) is 12.7. The first-order chi connectivity index (χ1) is 17.5. The van der Waals surface area contributed by atoms with Crippen LogP contribution in [0.5, 0.6) is 11.5 Å². The number of carbonyl (C=O) groups excluding carboxylic acids is 2. The number of ether oxygens (including phenoxy) is 2. The molecule has 9 heteroatoms. The number of hydrazone groups is 1. The molecule has 1 aliphatic heterocycles. The first-order valence-corrected chi connectivity index (χ1v) is 12.4. The average Bonchev–Trinajstić information content (AvgIpc) is 3.40. The van der Waals surface area contributed by atoms with Gasteiger partial charge in [-0.2, -0.15) is 5.10 Å². The predicted molar refractivity (Wildman–Crippen MR) is 142 cm³/mol. The number of benzene rings is 2. The first kappa shape index (κ1) is 27.0. The number of methoxy groups -OCH3 is 2. The molecule has 0 saturated carbocycles. The van der Waals surface area contributed by atoms with Crippen LogP contribution in [0.4, 0.5) is 10.5 Å². The van der Waals surface area contributed by atoms with Gasteiger partial charge in [0.15, 0.2) is 11.5 Å². The van der Waals surface area contributed by atoms with E-state index >= 15 is 0 Å². The normalized spacial score (nSPS) is 12.9. The summed E-state index contributed by atoms with van der Waals surface area (Å²) < 4.78 is 10.7. The summed E-state index contributed by atoms with van der Waals surface area (Å²) in [4.78, 5) is 27.3. The maximum atomic E-state index is 12.8. The van der Waals surface area contributed by atoms with Gasteiger partial charge in [-0.3, -0.25) is 4.79 Å². The van der Waals surface area contributed by atoms with Gasteiger partial charge in [0.25, 0.3) is 0 Å². The Morgan fingerprint density at radius 3 is 2.42 bits per heavy atom. The van der Waals surface area contributed by atoms with Crippen molar-refractivity contribution in [2.45, 2.75) is 33.1 Å². The van der Waals surface area contributed by atoms with Gasteiger partial charge in [0.1, 0.15) is 0 Å². The fourth-order valence-corrected chi connectivity index (χ4v) is 4.05. The number of anilines is 1. The molecule has 0 spiro atoms. The number of nitrogens with zero attached hydrogens (tertiary/aromatic N) is 3. The van der Waals surface area contributed by atoms with Crippen molar-refractivity contribution in [3.05, 3.63) is 53.6 Å². The van der Waals surface area contributed by atoms with Gasteiger partial charge in [-0.15, -0.1) is 0 Å². The quantitative estimate of drug-likeness (QED) is 0.438. The Morgan fingerprint density at radius 1 is 1.03 bits per heavy atom. The highest BCUT2D eigenvalue weighted by molar-refractivity contribution is 6.03. The van der Waals surface area contributed by atoms with Gasteiger partial charge in [-0.05, 0) is 62.0 Å². The van der Waals surface area contributed by atoms with Crippen molar-refractivity contribution in [2.75, 3.05) is 52.3 Å². The highest BCUT2D eigenvalue weighted by Gasteiger charge is 2.22. The smallest absolute Gasteiger partial charge is 0.319 e. The van der Waals surface area contributed by atoms with Crippen LogP contribution in [0, 0.1) is 0 Å². The van der Waals surface area contributed by atoms with Crippen LogP contribution >= 0.6 is 0 Å². The lowest BCUT2D eigenvalue weighted by atomic mass is 10.1. The van der Waals surface area contributed by atoms with E-state index < -0.39 is 0 Å². The second kappa shape index (κ2) is 13.5. The van der Waals surface area contributed by atoms with Gasteiger partial charge in [0.2, 0.25) is 5.91 Å². The van der Waals surface area contributed by atoms with Crippen molar-refractivity contribution in [3.63, 3.8) is 0 Å². The topological polar surface area (TPSA) is 95.5 Å². The zero-order valence-electron chi connectivity index (χ0n) is 21.7. The van der Waals surface area contributed by atoms with Crippen molar-refractivity contribution in [1.29, 1.82) is 0 Å². The van der Waals surface area contributed by atoms with E-state index in [-0.39, 0.29) is 18.4 Å². The molecule has 2 N–H and O–H groups in total. The standard InChI is InChI=1S/C27H37N5O4/c1-5-31(6-2)16-7-15-28-27(34)29-22-11-8-20(9-12-22)18-26(33)32-17-14-23(30-32)21-10-13-24(35-3)25(19-21)36-4/h8-13,19H,5-7,14-18H2,1-4H3,(H2,28,29,34). The molecule has 1 aliphatic rings. The van der Waals surface area contributed by atoms with E-state index in [4.69, 9.17) is 9.47 Å². The molecule has 0 aromatic heterocycles. The summed E-state index contributed by atoms with van der Waals surface area (Å²) in [6.45, 7) is 8.43. The van der Waals surface area contributed by atoms with E-state index in [1.54, 1.807) is 26.4 Å². The lowest BCUT2D eigenvalue weighted by Gasteiger charge is -2.17. The van der Waals surface area contributed by atoms with Crippen LogP contribution in [0.2, 0.25) is 0 Å². The minimum absolute atomic E-state index is 0.0721. The maximum Gasteiger partial charge on any atom is 0.319 e. The lowest BCUT2D eigenvalue weighted by Crippen LogP contribution is -2.32. The fourth-order valence-electron chi connectivity index (χ4n) is 4.05. The lowest BCUT2D eigenvalue weighted by molar-refractivity contribution is -0.130. The van der Waals surface area contributed by atoms with Crippen LogP contribution < -0.4 is 20.1 Å². The highest BCUT2D eigenvalue weighted by atomic mass is 16.5. The third-order valence-corrected chi connectivity index (χ3v) is 6.20. The second-order valence-corrected chi connectivity index (χ2v) is 8.52. The summed E-state index contributed by atoms with van der Waals surface area (Å²) in [6.07, 6.45) is 1.82. The molecular formula is C27H37N5O4. The molecule has 1 heterocycles. The van der Waals surface area contributed by atoms with E-state index in [1.165, 1.54) is 5.01 Å². The molecule has 9 nitrogen and oxygen atoms in total. The van der Waals surface area contributed by atoms with Gasteiger partial charge < -0.3 is 25.0 Å². The Hall–Kier alpha value is -3.59. The molecule has 36 heavy (non-hydrogen) atoms. The zero-order chi connectivity index (χ0) is 25.9. The summed E-state index contributed by atoms with van der Waals surface area (Å²) in [5.41, 5.74) is 3.29. The van der Waals surface area contributed by atoms with Gasteiger partial charge in [0.05, 0.1) is 32.9 Å². The van der Waals surface area contributed by atoms with Crippen molar-refractivity contribution in [2.24, 2.45) is 5.10 Å². The minimum Gasteiger partial charge on any atom is -0.493 e. The van der Waals surface area contributed by atoms with Crippen molar-refractivity contribution in [1.82, 2.24) is 15.2 Å². The summed E-state index contributed by atoms with van der Waals surface area (Å²) >= 11 is 0. The van der Waals surface area contributed by atoms with Crippen molar-refractivity contribution >= 4 is 23.3 Å². The van der Waals surface area contributed by atoms with E-state index in [2.05, 4.69) is 34.5 Å². The Morgan fingerprint density at radius 2 is 1.75 bits per heavy atom. The molecule has 3 rings (SSSR count). The molecule has 0 aliphatic carbocycles. The molecule has 0 fully saturated rings. The van der Waals surface area contributed by atoms with Crippen LogP contribution in [0.1, 0.15) is 37.8 Å². The number of amides is 3. The molecule has 0 radical (unpaired) electrons. The Kier molecular flexibility index (Phi) is 10.1. The van der Waals surface area contributed by atoms with Crippen molar-refractivity contribution < 1.29 is 19.1 Å². The minimum atomic E-state index is -0.229. The van der Waals surface area contributed by atoms with E-state index in [0.29, 0.717) is 36.7 Å². The largest absolute Gasteiger partial charge is 0.493 e. The number of hydrogen-bond donors (Lipinski definition) is 2. The van der Waals surface area contributed by atoms with E-state index in [1.807, 2.05) is 30.3 Å². The number of rotatable bonds is 12. The Labute approximate surface area is 213 Å². The Balaban J connectivity index is 1.48. The average molecular weight is 496 g/mol. The van der Waals surface area contributed by atoms with Crippen molar-refractivity contribution in [3.8, 4) is 11.5 Å². The molecule has 0 bridgehead atoms. The molecular weight excluding hydrogens is 458 g/mol. The highest BCUT2D eigenvalue weighted by Crippen LogP contribution is 2.29. The number of urea groups is 1. The third-order valence-electron chi connectivity index (χ3n) is 6.20. The second-order valence-electron chi connectivity index (χ2n) is 8.52. The van der Waals surface area contributed by atoms with E-state index in [0.717, 1.165) is 42.9 Å². The van der Waals surface area contributed by atoms with Gasteiger partial charge in [-0.1, -0.05) is 26.0 Å². The number of hydrogen-bond acceptors (Lipinski definition) is 6. The van der Waals surface area contributed by atoms with Crippen LogP contribution in [0.25, 0.3) is 0 Å². The molecule has 0 atom stereocenters. The molecule has 0 unspecified atom stereocenters. The third kappa shape index (κ3) is 7.45. The fraction of sp³-hybridized carbons (Fsp3) is 0.444. The van der Waals surface area contributed by atoms with Crippen LogP contribution in [-0.4, -0.2) is 74.5 Å². The molecule has 3 amide bonds. The summed E-state index contributed by atoms with van der Waals surface area (Å²) in [5, 5.41) is 11.8. The van der Waals surface area contributed by atoms with Gasteiger partial charge in [-0.25, -0.2) is 9.80 Å². The summed E-state index contributed by atoms with van der Waals surface area (Å²) in [7, 11) is 3.19. The van der Waals surface area contributed by atoms with Crippen LogP contribution in [0.3, 0.4) is 0 Å². The molecule has 2 aromatic carbocycles. The monoisotopic (exact) mass is 495 g/mol. The van der Waals surface area contributed by atoms with Crippen LogP contribution in [-0.2, 0) is 11.2 Å².